The molecule has 1 saturated heterocycles. The maximum atomic E-state index is 12.4. The van der Waals surface area contributed by atoms with Gasteiger partial charge in [-0.25, -0.2) is 18.2 Å². The van der Waals surface area contributed by atoms with Crippen molar-refractivity contribution in [3.8, 4) is 10.6 Å². The van der Waals surface area contributed by atoms with Crippen LogP contribution in [-0.2, 0) is 16.4 Å². The molecule has 2 heterocycles. The maximum absolute atomic E-state index is 12.4. The highest BCUT2D eigenvalue weighted by molar-refractivity contribution is 7.91. The molecular weight excluding hydrogens is 358 g/mol. The van der Waals surface area contributed by atoms with E-state index in [-0.39, 0.29) is 17.5 Å². The second-order valence-electron chi connectivity index (χ2n) is 6.70. The summed E-state index contributed by atoms with van der Waals surface area (Å²) in [5.41, 5.74) is 1.17. The molecule has 2 aromatic rings. The molecule has 6 nitrogen and oxygen atoms in total. The first kappa shape index (κ1) is 17.9. The van der Waals surface area contributed by atoms with Crippen molar-refractivity contribution in [1.29, 1.82) is 0 Å². The van der Waals surface area contributed by atoms with Crippen molar-refractivity contribution in [3.05, 3.63) is 41.4 Å². The lowest BCUT2D eigenvalue weighted by Gasteiger charge is -2.27. The number of rotatable bonds is 4. The van der Waals surface area contributed by atoms with Crippen LogP contribution in [0.5, 0.6) is 0 Å². The first-order valence-electron chi connectivity index (χ1n) is 8.00. The molecule has 0 saturated carbocycles. The Morgan fingerprint density at radius 3 is 2.72 bits per heavy atom. The van der Waals surface area contributed by atoms with Gasteiger partial charge in [0.25, 0.3) is 0 Å². The van der Waals surface area contributed by atoms with E-state index in [9.17, 15) is 13.2 Å². The van der Waals surface area contributed by atoms with Crippen molar-refractivity contribution in [3.63, 3.8) is 0 Å². The SMILES string of the molecule is CN(Cc1csc(-c2ccccc2)n1)C(=O)N[C@@]1(C)CCS(=O)(=O)C1. The van der Waals surface area contributed by atoms with Crippen LogP contribution in [-0.4, -0.2) is 48.4 Å². The summed E-state index contributed by atoms with van der Waals surface area (Å²) in [7, 11) is -1.37. The summed E-state index contributed by atoms with van der Waals surface area (Å²) in [6.45, 7) is 2.15. The Hall–Kier alpha value is -1.93. The van der Waals surface area contributed by atoms with Gasteiger partial charge in [0, 0.05) is 18.0 Å². The molecule has 1 aromatic heterocycles. The Morgan fingerprint density at radius 1 is 1.36 bits per heavy atom. The van der Waals surface area contributed by atoms with Gasteiger partial charge in [-0.15, -0.1) is 11.3 Å². The molecular formula is C17H21N3O3S2. The second kappa shape index (κ2) is 6.76. The number of urea groups is 1. The number of amides is 2. The third-order valence-electron chi connectivity index (χ3n) is 4.23. The molecule has 3 rings (SSSR count). The molecule has 0 unspecified atom stereocenters. The Kier molecular flexibility index (Phi) is 4.83. The highest BCUT2D eigenvalue weighted by Gasteiger charge is 2.39. The first-order valence-corrected chi connectivity index (χ1v) is 10.7. The zero-order valence-corrected chi connectivity index (χ0v) is 15.9. The van der Waals surface area contributed by atoms with Crippen molar-refractivity contribution < 1.29 is 13.2 Å². The largest absolute Gasteiger partial charge is 0.332 e. The van der Waals surface area contributed by atoms with Crippen molar-refractivity contribution in [2.24, 2.45) is 0 Å². The first-order chi connectivity index (χ1) is 11.8. The Bertz CT molecular complexity index is 864. The van der Waals surface area contributed by atoms with Gasteiger partial charge in [-0.2, -0.15) is 0 Å². The molecule has 25 heavy (non-hydrogen) atoms. The summed E-state index contributed by atoms with van der Waals surface area (Å²) < 4.78 is 23.3. The van der Waals surface area contributed by atoms with Gasteiger partial charge in [0.15, 0.2) is 9.84 Å². The molecule has 8 heteroatoms. The van der Waals surface area contributed by atoms with Gasteiger partial charge >= 0.3 is 6.03 Å². The summed E-state index contributed by atoms with van der Waals surface area (Å²) in [5.74, 6) is 0.119. The quantitative estimate of drug-likeness (QED) is 0.885. The summed E-state index contributed by atoms with van der Waals surface area (Å²) in [5, 5.41) is 5.71. The molecule has 1 fully saturated rings. The lowest BCUT2D eigenvalue weighted by Crippen LogP contribution is -2.51. The normalized spacial score (nSPS) is 21.8. The fourth-order valence-electron chi connectivity index (χ4n) is 2.87. The molecule has 1 atom stereocenters. The van der Waals surface area contributed by atoms with Crippen LogP contribution in [0.1, 0.15) is 19.0 Å². The summed E-state index contributed by atoms with van der Waals surface area (Å²) in [6, 6.07) is 9.60. The Morgan fingerprint density at radius 2 is 2.08 bits per heavy atom. The van der Waals surface area contributed by atoms with Crippen molar-refractivity contribution in [1.82, 2.24) is 15.2 Å². The van der Waals surface area contributed by atoms with Gasteiger partial charge < -0.3 is 10.2 Å². The topological polar surface area (TPSA) is 79.4 Å². The molecule has 2 amide bonds. The van der Waals surface area contributed by atoms with Gasteiger partial charge in [0.05, 0.1) is 29.3 Å². The number of nitrogens with one attached hydrogen (secondary N) is 1. The van der Waals surface area contributed by atoms with Gasteiger partial charge in [-0.1, -0.05) is 30.3 Å². The molecule has 134 valence electrons. The third kappa shape index (κ3) is 4.38. The average Bonchev–Trinajstić information content (AvgIpc) is 3.12. The molecule has 0 spiro atoms. The average molecular weight is 380 g/mol. The molecule has 1 aliphatic heterocycles. The number of carbonyl (C=O) groups excluding carboxylic acids is 1. The summed E-state index contributed by atoms with van der Waals surface area (Å²) in [4.78, 5) is 18.5. The molecule has 1 aromatic carbocycles. The highest BCUT2D eigenvalue weighted by Crippen LogP contribution is 2.25. The number of hydrogen-bond donors (Lipinski definition) is 1. The van der Waals surface area contributed by atoms with Crippen LogP contribution in [0.3, 0.4) is 0 Å². The van der Waals surface area contributed by atoms with E-state index in [0.717, 1.165) is 16.3 Å². The van der Waals surface area contributed by atoms with Gasteiger partial charge in [-0.05, 0) is 13.3 Å². The van der Waals surface area contributed by atoms with Crippen LogP contribution in [0.4, 0.5) is 4.79 Å². The number of aromatic nitrogens is 1. The van der Waals surface area contributed by atoms with E-state index < -0.39 is 15.4 Å². The molecule has 1 aliphatic rings. The minimum atomic E-state index is -3.06. The standard InChI is InChI=1S/C17H21N3O3S2/c1-17(8-9-25(22,23)12-17)19-16(21)20(2)10-14-11-24-15(18-14)13-6-4-3-5-7-13/h3-7,11H,8-10,12H2,1-2H3,(H,19,21)/t17-/m0/s1. The number of nitrogens with zero attached hydrogens (tertiary/aromatic N) is 2. The highest BCUT2D eigenvalue weighted by atomic mass is 32.2. The van der Waals surface area contributed by atoms with E-state index in [1.54, 1.807) is 14.0 Å². The van der Waals surface area contributed by atoms with Crippen LogP contribution in [0, 0.1) is 0 Å². The molecule has 0 bridgehead atoms. The van der Waals surface area contributed by atoms with Gasteiger partial charge in [0.1, 0.15) is 5.01 Å². The Labute approximate surface area is 151 Å². The summed E-state index contributed by atoms with van der Waals surface area (Å²) >= 11 is 1.54. The fourth-order valence-corrected chi connectivity index (χ4v) is 5.78. The lowest BCUT2D eigenvalue weighted by atomic mass is 10.0. The minimum absolute atomic E-state index is 0.00552. The van der Waals surface area contributed by atoms with E-state index in [2.05, 4.69) is 10.3 Å². The number of hydrogen-bond acceptors (Lipinski definition) is 5. The van der Waals surface area contributed by atoms with Crippen molar-refractivity contribution in [2.45, 2.75) is 25.4 Å². The van der Waals surface area contributed by atoms with Crippen LogP contribution in [0.2, 0.25) is 0 Å². The zero-order chi connectivity index (χ0) is 18.1. The van der Waals surface area contributed by atoms with Crippen molar-refractivity contribution >= 4 is 27.2 Å². The van der Waals surface area contributed by atoms with Crippen LogP contribution < -0.4 is 5.32 Å². The maximum Gasteiger partial charge on any atom is 0.317 e. The lowest BCUT2D eigenvalue weighted by molar-refractivity contribution is 0.195. The number of sulfone groups is 1. The zero-order valence-electron chi connectivity index (χ0n) is 14.2. The summed E-state index contributed by atoms with van der Waals surface area (Å²) in [6.07, 6.45) is 0.448. The van der Waals surface area contributed by atoms with E-state index in [0.29, 0.717) is 13.0 Å². The minimum Gasteiger partial charge on any atom is -0.332 e. The third-order valence-corrected chi connectivity index (χ3v) is 7.07. The molecule has 0 radical (unpaired) electrons. The molecule has 1 N–H and O–H groups in total. The van der Waals surface area contributed by atoms with E-state index in [1.807, 2.05) is 35.7 Å². The fraction of sp³-hybridized carbons (Fsp3) is 0.412. The van der Waals surface area contributed by atoms with E-state index >= 15 is 0 Å². The number of carbonyl (C=O) groups is 1. The van der Waals surface area contributed by atoms with E-state index in [1.165, 1.54) is 16.2 Å². The Balaban J connectivity index is 1.62. The molecule has 0 aliphatic carbocycles. The van der Waals surface area contributed by atoms with Crippen LogP contribution in [0.15, 0.2) is 35.7 Å². The van der Waals surface area contributed by atoms with Gasteiger partial charge in [-0.3, -0.25) is 0 Å². The number of benzene rings is 1. The number of thiazole rings is 1. The van der Waals surface area contributed by atoms with Crippen molar-refractivity contribution in [2.75, 3.05) is 18.6 Å². The second-order valence-corrected chi connectivity index (χ2v) is 9.74. The van der Waals surface area contributed by atoms with E-state index in [4.69, 9.17) is 0 Å². The monoisotopic (exact) mass is 379 g/mol. The predicted octanol–water partition coefficient (Wildman–Crippen LogP) is 2.53. The van der Waals surface area contributed by atoms with Crippen LogP contribution in [0.25, 0.3) is 10.6 Å². The predicted molar refractivity (Wildman–Crippen MR) is 99.2 cm³/mol. The smallest absolute Gasteiger partial charge is 0.317 e. The van der Waals surface area contributed by atoms with Gasteiger partial charge in [0.2, 0.25) is 0 Å². The van der Waals surface area contributed by atoms with Crippen LogP contribution >= 0.6 is 11.3 Å².